The average molecular weight is 399 g/mol. The minimum atomic E-state index is -0.406. The summed E-state index contributed by atoms with van der Waals surface area (Å²) >= 11 is 6.13. The summed E-state index contributed by atoms with van der Waals surface area (Å²) in [6, 6.07) is 12.7. The van der Waals surface area contributed by atoms with Crippen LogP contribution in [0.1, 0.15) is 16.1 Å². The molecule has 0 saturated carbocycles. The van der Waals surface area contributed by atoms with Gasteiger partial charge in [-0.3, -0.25) is 4.79 Å². The SMILES string of the molecule is COc1ccc(OC)c(NC(=O)c2cnc(NCc3ccccc3Cl)cn2)c1. The highest BCUT2D eigenvalue weighted by Crippen LogP contribution is 2.29. The van der Waals surface area contributed by atoms with E-state index >= 15 is 0 Å². The first-order valence-electron chi connectivity index (χ1n) is 8.43. The van der Waals surface area contributed by atoms with E-state index in [0.717, 1.165) is 5.56 Å². The Balaban J connectivity index is 1.66. The van der Waals surface area contributed by atoms with Gasteiger partial charge in [-0.15, -0.1) is 0 Å². The van der Waals surface area contributed by atoms with Crippen LogP contribution in [0.2, 0.25) is 5.02 Å². The number of carbonyl (C=O) groups excluding carboxylic acids is 1. The molecule has 3 rings (SSSR count). The van der Waals surface area contributed by atoms with E-state index in [-0.39, 0.29) is 5.69 Å². The largest absolute Gasteiger partial charge is 0.497 e. The third-order valence-corrected chi connectivity index (χ3v) is 4.33. The number of amides is 1. The van der Waals surface area contributed by atoms with Crippen LogP contribution in [0.25, 0.3) is 0 Å². The molecule has 0 unspecified atom stereocenters. The number of nitrogens with one attached hydrogen (secondary N) is 2. The van der Waals surface area contributed by atoms with E-state index in [2.05, 4.69) is 20.6 Å². The Morgan fingerprint density at radius 2 is 1.89 bits per heavy atom. The average Bonchev–Trinajstić information content (AvgIpc) is 2.73. The van der Waals surface area contributed by atoms with Crippen molar-refractivity contribution in [3.63, 3.8) is 0 Å². The van der Waals surface area contributed by atoms with E-state index in [9.17, 15) is 4.79 Å². The lowest BCUT2D eigenvalue weighted by molar-refractivity contribution is 0.102. The lowest BCUT2D eigenvalue weighted by atomic mass is 10.2. The summed E-state index contributed by atoms with van der Waals surface area (Å²) < 4.78 is 10.4. The third-order valence-electron chi connectivity index (χ3n) is 3.96. The molecule has 0 bridgehead atoms. The van der Waals surface area contributed by atoms with Gasteiger partial charge in [-0.1, -0.05) is 29.8 Å². The highest BCUT2D eigenvalue weighted by Gasteiger charge is 2.13. The second-order valence-electron chi connectivity index (χ2n) is 5.75. The number of nitrogens with zero attached hydrogens (tertiary/aromatic N) is 2. The summed E-state index contributed by atoms with van der Waals surface area (Å²) in [5, 5.41) is 6.55. The first kappa shape index (κ1) is 19.4. The smallest absolute Gasteiger partial charge is 0.275 e. The normalized spacial score (nSPS) is 10.2. The Morgan fingerprint density at radius 3 is 2.57 bits per heavy atom. The molecule has 2 aromatic carbocycles. The zero-order valence-electron chi connectivity index (χ0n) is 15.4. The number of anilines is 2. The number of hydrogen-bond acceptors (Lipinski definition) is 6. The van der Waals surface area contributed by atoms with E-state index in [4.69, 9.17) is 21.1 Å². The zero-order chi connectivity index (χ0) is 19.9. The van der Waals surface area contributed by atoms with E-state index in [1.807, 2.05) is 24.3 Å². The highest BCUT2D eigenvalue weighted by molar-refractivity contribution is 6.31. The van der Waals surface area contributed by atoms with E-state index < -0.39 is 5.91 Å². The van der Waals surface area contributed by atoms with Gasteiger partial charge in [0, 0.05) is 17.6 Å². The van der Waals surface area contributed by atoms with Crippen LogP contribution in [-0.2, 0) is 6.54 Å². The Morgan fingerprint density at radius 1 is 1.07 bits per heavy atom. The molecular formula is C20H19ClN4O3. The van der Waals surface area contributed by atoms with Crippen molar-refractivity contribution >= 4 is 29.0 Å². The molecule has 144 valence electrons. The monoisotopic (exact) mass is 398 g/mol. The second kappa shape index (κ2) is 9.05. The quantitative estimate of drug-likeness (QED) is 0.625. The third kappa shape index (κ3) is 4.69. The van der Waals surface area contributed by atoms with E-state index in [0.29, 0.717) is 34.6 Å². The summed E-state index contributed by atoms with van der Waals surface area (Å²) in [4.78, 5) is 20.9. The van der Waals surface area contributed by atoms with Crippen LogP contribution < -0.4 is 20.1 Å². The van der Waals surface area contributed by atoms with Gasteiger partial charge in [0.2, 0.25) is 0 Å². The predicted octanol–water partition coefficient (Wildman–Crippen LogP) is 4.01. The molecular weight excluding hydrogens is 380 g/mol. The first-order valence-corrected chi connectivity index (χ1v) is 8.81. The summed E-state index contributed by atoms with van der Waals surface area (Å²) in [7, 11) is 3.07. The van der Waals surface area contributed by atoms with Crippen molar-refractivity contribution in [2.24, 2.45) is 0 Å². The molecule has 0 saturated heterocycles. The number of ether oxygens (including phenoxy) is 2. The Labute approximate surface area is 167 Å². The fourth-order valence-corrected chi connectivity index (χ4v) is 2.66. The molecule has 1 aromatic heterocycles. The molecule has 3 aromatic rings. The Hall–Kier alpha value is -3.32. The Bertz CT molecular complexity index is 964. The molecule has 0 fully saturated rings. The molecule has 0 aliphatic carbocycles. The second-order valence-corrected chi connectivity index (χ2v) is 6.16. The minimum absolute atomic E-state index is 0.174. The highest BCUT2D eigenvalue weighted by atomic mass is 35.5. The van der Waals surface area contributed by atoms with Gasteiger partial charge >= 0.3 is 0 Å². The number of hydrogen-bond donors (Lipinski definition) is 2. The standard InChI is InChI=1S/C20H19ClN4O3/c1-27-14-7-8-18(28-2)16(9-14)25-20(26)17-11-24-19(12-22-17)23-10-13-5-3-4-6-15(13)21/h3-9,11-12H,10H2,1-2H3,(H,23,24)(H,25,26). The number of halogens is 1. The topological polar surface area (TPSA) is 85.4 Å². The Kier molecular flexibility index (Phi) is 6.29. The lowest BCUT2D eigenvalue weighted by Crippen LogP contribution is -2.15. The lowest BCUT2D eigenvalue weighted by Gasteiger charge is -2.11. The van der Waals surface area contributed by atoms with Crippen molar-refractivity contribution in [2.75, 3.05) is 24.9 Å². The van der Waals surface area contributed by atoms with Gasteiger partial charge in [0.1, 0.15) is 23.0 Å². The molecule has 2 N–H and O–H groups in total. The number of benzene rings is 2. The van der Waals surface area contributed by atoms with Crippen LogP contribution in [0.3, 0.4) is 0 Å². The van der Waals surface area contributed by atoms with Crippen LogP contribution in [0.4, 0.5) is 11.5 Å². The number of aromatic nitrogens is 2. The van der Waals surface area contributed by atoms with Crippen LogP contribution in [0, 0.1) is 0 Å². The van der Waals surface area contributed by atoms with Gasteiger partial charge < -0.3 is 20.1 Å². The molecule has 7 nitrogen and oxygen atoms in total. The molecule has 1 heterocycles. The fraction of sp³-hybridized carbons (Fsp3) is 0.150. The van der Waals surface area contributed by atoms with E-state index in [1.165, 1.54) is 19.5 Å². The number of rotatable bonds is 7. The van der Waals surface area contributed by atoms with Gasteiger partial charge in [0.25, 0.3) is 5.91 Å². The minimum Gasteiger partial charge on any atom is -0.497 e. The number of carbonyl (C=O) groups is 1. The van der Waals surface area contributed by atoms with Gasteiger partial charge in [0.05, 0.1) is 32.3 Å². The van der Waals surface area contributed by atoms with Crippen molar-refractivity contribution < 1.29 is 14.3 Å². The van der Waals surface area contributed by atoms with Crippen molar-refractivity contribution in [1.82, 2.24) is 9.97 Å². The van der Waals surface area contributed by atoms with Gasteiger partial charge in [-0.2, -0.15) is 0 Å². The maximum atomic E-state index is 12.5. The molecule has 0 aliphatic heterocycles. The van der Waals surface area contributed by atoms with Gasteiger partial charge in [0.15, 0.2) is 0 Å². The van der Waals surface area contributed by atoms with E-state index in [1.54, 1.807) is 25.3 Å². The molecule has 28 heavy (non-hydrogen) atoms. The predicted molar refractivity (Wildman–Crippen MR) is 108 cm³/mol. The first-order chi connectivity index (χ1) is 13.6. The molecule has 1 amide bonds. The summed E-state index contributed by atoms with van der Waals surface area (Å²) in [5.41, 5.74) is 1.60. The maximum absolute atomic E-state index is 12.5. The van der Waals surface area contributed by atoms with Gasteiger partial charge in [-0.25, -0.2) is 9.97 Å². The molecule has 0 atom stereocenters. The number of methoxy groups -OCH3 is 2. The van der Waals surface area contributed by atoms with Crippen molar-refractivity contribution in [3.8, 4) is 11.5 Å². The maximum Gasteiger partial charge on any atom is 0.275 e. The molecule has 0 radical (unpaired) electrons. The van der Waals surface area contributed by atoms with Crippen molar-refractivity contribution in [2.45, 2.75) is 6.54 Å². The van der Waals surface area contributed by atoms with Crippen LogP contribution >= 0.6 is 11.6 Å². The summed E-state index contributed by atoms with van der Waals surface area (Å²) in [6.45, 7) is 0.501. The molecule has 8 heteroatoms. The zero-order valence-corrected chi connectivity index (χ0v) is 16.2. The molecule has 0 spiro atoms. The van der Waals surface area contributed by atoms with Gasteiger partial charge in [-0.05, 0) is 23.8 Å². The van der Waals surface area contributed by atoms with Crippen LogP contribution in [0.5, 0.6) is 11.5 Å². The fourth-order valence-electron chi connectivity index (χ4n) is 2.46. The summed E-state index contributed by atoms with van der Waals surface area (Å²) in [5.74, 6) is 1.24. The molecule has 0 aliphatic rings. The van der Waals surface area contributed by atoms with Crippen LogP contribution in [0.15, 0.2) is 54.9 Å². The summed E-state index contributed by atoms with van der Waals surface area (Å²) in [6.07, 6.45) is 2.89. The van der Waals surface area contributed by atoms with Crippen molar-refractivity contribution in [1.29, 1.82) is 0 Å². The van der Waals surface area contributed by atoms with Crippen LogP contribution in [-0.4, -0.2) is 30.1 Å². The van der Waals surface area contributed by atoms with Crippen molar-refractivity contribution in [3.05, 3.63) is 71.1 Å².